The van der Waals surface area contributed by atoms with Gasteiger partial charge in [-0.3, -0.25) is 0 Å². The molecule has 0 bridgehead atoms. The summed E-state index contributed by atoms with van der Waals surface area (Å²) in [6.45, 7) is 6.34. The van der Waals surface area contributed by atoms with Crippen LogP contribution in [0.5, 0.6) is 5.75 Å². The molecule has 0 N–H and O–H groups in total. The molecule has 1 heteroatoms. The van der Waals surface area contributed by atoms with E-state index in [2.05, 4.69) is 32.9 Å². The lowest BCUT2D eigenvalue weighted by Gasteiger charge is -2.09. The zero-order chi connectivity index (χ0) is 9.14. The van der Waals surface area contributed by atoms with Gasteiger partial charge in [-0.05, 0) is 37.0 Å². The summed E-state index contributed by atoms with van der Waals surface area (Å²) in [6.07, 6.45) is 1.09. The van der Waals surface area contributed by atoms with E-state index in [1.54, 1.807) is 7.11 Å². The SMILES string of the molecule is CCc1cc(C)c(OC)c(C)c1. The van der Waals surface area contributed by atoms with Gasteiger partial charge in [0.2, 0.25) is 0 Å². The van der Waals surface area contributed by atoms with Crippen molar-refractivity contribution in [2.75, 3.05) is 7.11 Å². The Kier molecular flexibility index (Phi) is 2.74. The maximum Gasteiger partial charge on any atom is 0.124 e. The summed E-state index contributed by atoms with van der Waals surface area (Å²) in [4.78, 5) is 0. The third-order valence-electron chi connectivity index (χ3n) is 2.13. The molecule has 0 aromatic heterocycles. The zero-order valence-electron chi connectivity index (χ0n) is 8.27. The summed E-state index contributed by atoms with van der Waals surface area (Å²) >= 11 is 0. The highest BCUT2D eigenvalue weighted by Gasteiger charge is 2.03. The molecule has 0 aliphatic heterocycles. The van der Waals surface area contributed by atoms with E-state index in [9.17, 15) is 0 Å². The van der Waals surface area contributed by atoms with E-state index in [0.717, 1.165) is 12.2 Å². The number of rotatable bonds is 2. The van der Waals surface area contributed by atoms with Gasteiger partial charge >= 0.3 is 0 Å². The molecular weight excluding hydrogens is 148 g/mol. The second-order valence-electron chi connectivity index (χ2n) is 3.12. The molecule has 0 saturated heterocycles. The Bertz CT molecular complexity index is 253. The molecule has 0 saturated carbocycles. The lowest BCUT2D eigenvalue weighted by Crippen LogP contribution is -1.93. The van der Waals surface area contributed by atoms with Crippen molar-refractivity contribution >= 4 is 0 Å². The van der Waals surface area contributed by atoms with E-state index in [1.165, 1.54) is 16.7 Å². The summed E-state index contributed by atoms with van der Waals surface area (Å²) < 4.78 is 5.28. The molecule has 0 spiro atoms. The summed E-state index contributed by atoms with van der Waals surface area (Å²) in [5.74, 6) is 1.02. The van der Waals surface area contributed by atoms with Gasteiger partial charge in [0, 0.05) is 0 Å². The van der Waals surface area contributed by atoms with E-state index >= 15 is 0 Å². The van der Waals surface area contributed by atoms with Gasteiger partial charge in [-0.1, -0.05) is 19.1 Å². The first kappa shape index (κ1) is 9.11. The predicted octanol–water partition coefficient (Wildman–Crippen LogP) is 2.87. The van der Waals surface area contributed by atoms with E-state index in [1.807, 2.05) is 0 Å². The molecule has 0 heterocycles. The molecule has 0 amide bonds. The highest BCUT2D eigenvalue weighted by molar-refractivity contribution is 5.43. The largest absolute Gasteiger partial charge is 0.496 e. The van der Waals surface area contributed by atoms with Crippen LogP contribution in [0.25, 0.3) is 0 Å². The highest BCUT2D eigenvalue weighted by Crippen LogP contribution is 2.24. The molecule has 0 atom stereocenters. The van der Waals surface area contributed by atoms with Crippen LogP contribution in [0.2, 0.25) is 0 Å². The minimum atomic E-state index is 1.02. The molecule has 0 aliphatic rings. The summed E-state index contributed by atoms with van der Waals surface area (Å²) in [6, 6.07) is 4.37. The molecule has 0 fully saturated rings. The molecule has 1 nitrogen and oxygen atoms in total. The lowest BCUT2D eigenvalue weighted by molar-refractivity contribution is 0.408. The van der Waals surface area contributed by atoms with Gasteiger partial charge in [0.1, 0.15) is 5.75 Å². The Hall–Kier alpha value is -0.980. The van der Waals surface area contributed by atoms with Gasteiger partial charge in [-0.2, -0.15) is 0 Å². The van der Waals surface area contributed by atoms with Gasteiger partial charge in [-0.25, -0.2) is 0 Å². The fourth-order valence-corrected chi connectivity index (χ4v) is 1.57. The number of benzene rings is 1. The van der Waals surface area contributed by atoms with E-state index in [-0.39, 0.29) is 0 Å². The Morgan fingerprint density at radius 2 is 1.67 bits per heavy atom. The van der Waals surface area contributed by atoms with Crippen molar-refractivity contribution < 1.29 is 4.74 Å². The minimum Gasteiger partial charge on any atom is -0.496 e. The van der Waals surface area contributed by atoms with Crippen LogP contribution in [0.3, 0.4) is 0 Å². The summed E-state index contributed by atoms with van der Waals surface area (Å²) in [7, 11) is 1.72. The lowest BCUT2D eigenvalue weighted by atomic mass is 10.0. The van der Waals surface area contributed by atoms with Gasteiger partial charge in [0.05, 0.1) is 7.11 Å². The van der Waals surface area contributed by atoms with Crippen molar-refractivity contribution in [2.45, 2.75) is 27.2 Å². The Labute approximate surface area is 74.4 Å². The van der Waals surface area contributed by atoms with Gasteiger partial charge < -0.3 is 4.74 Å². The van der Waals surface area contributed by atoms with Crippen LogP contribution in [0.1, 0.15) is 23.6 Å². The van der Waals surface area contributed by atoms with Crippen molar-refractivity contribution in [3.63, 3.8) is 0 Å². The highest BCUT2D eigenvalue weighted by atomic mass is 16.5. The number of hydrogen-bond acceptors (Lipinski definition) is 1. The van der Waals surface area contributed by atoms with Crippen LogP contribution in [-0.4, -0.2) is 7.11 Å². The summed E-state index contributed by atoms with van der Waals surface area (Å²) in [5.41, 5.74) is 3.84. The van der Waals surface area contributed by atoms with Gasteiger partial charge in [0.25, 0.3) is 0 Å². The molecule has 1 rings (SSSR count). The minimum absolute atomic E-state index is 1.02. The third kappa shape index (κ3) is 1.60. The smallest absolute Gasteiger partial charge is 0.124 e. The van der Waals surface area contributed by atoms with Crippen LogP contribution in [-0.2, 0) is 6.42 Å². The van der Waals surface area contributed by atoms with Crippen LogP contribution in [0.15, 0.2) is 12.1 Å². The number of ether oxygens (including phenoxy) is 1. The first-order chi connectivity index (χ1) is 5.69. The second kappa shape index (κ2) is 3.61. The van der Waals surface area contributed by atoms with E-state index in [4.69, 9.17) is 4.74 Å². The number of aryl methyl sites for hydroxylation is 3. The fraction of sp³-hybridized carbons (Fsp3) is 0.455. The van der Waals surface area contributed by atoms with Crippen molar-refractivity contribution in [3.8, 4) is 5.75 Å². The molecule has 12 heavy (non-hydrogen) atoms. The fourth-order valence-electron chi connectivity index (χ4n) is 1.57. The van der Waals surface area contributed by atoms with Crippen LogP contribution in [0, 0.1) is 13.8 Å². The van der Waals surface area contributed by atoms with Gasteiger partial charge in [0.15, 0.2) is 0 Å². The third-order valence-corrected chi connectivity index (χ3v) is 2.13. The molecular formula is C11H16O. The maximum absolute atomic E-state index is 5.28. The molecule has 0 unspecified atom stereocenters. The first-order valence-electron chi connectivity index (χ1n) is 4.33. The number of methoxy groups -OCH3 is 1. The molecule has 66 valence electrons. The summed E-state index contributed by atoms with van der Waals surface area (Å²) in [5, 5.41) is 0. The van der Waals surface area contributed by atoms with Crippen LogP contribution < -0.4 is 4.74 Å². The Morgan fingerprint density at radius 1 is 1.17 bits per heavy atom. The first-order valence-corrected chi connectivity index (χ1v) is 4.33. The predicted molar refractivity (Wildman–Crippen MR) is 51.8 cm³/mol. The van der Waals surface area contributed by atoms with Crippen molar-refractivity contribution in [1.82, 2.24) is 0 Å². The van der Waals surface area contributed by atoms with Gasteiger partial charge in [-0.15, -0.1) is 0 Å². The molecule has 0 radical (unpaired) electrons. The van der Waals surface area contributed by atoms with Crippen molar-refractivity contribution in [1.29, 1.82) is 0 Å². The quantitative estimate of drug-likeness (QED) is 0.653. The van der Waals surface area contributed by atoms with E-state index < -0.39 is 0 Å². The second-order valence-corrected chi connectivity index (χ2v) is 3.12. The standard InChI is InChI=1S/C11H16O/c1-5-10-6-8(2)11(12-4)9(3)7-10/h6-7H,5H2,1-4H3. The van der Waals surface area contributed by atoms with Crippen molar-refractivity contribution in [3.05, 3.63) is 28.8 Å². The molecule has 0 aliphatic carbocycles. The Balaban J connectivity index is 3.18. The zero-order valence-corrected chi connectivity index (χ0v) is 8.27. The average Bonchev–Trinajstić information content (AvgIpc) is 2.03. The maximum atomic E-state index is 5.28. The molecule has 1 aromatic rings. The monoisotopic (exact) mass is 164 g/mol. The van der Waals surface area contributed by atoms with Crippen LogP contribution >= 0.6 is 0 Å². The van der Waals surface area contributed by atoms with Crippen LogP contribution in [0.4, 0.5) is 0 Å². The average molecular weight is 164 g/mol. The number of hydrogen-bond donors (Lipinski definition) is 0. The normalized spacial score (nSPS) is 10.0. The Morgan fingerprint density at radius 3 is 2.00 bits per heavy atom. The topological polar surface area (TPSA) is 9.23 Å². The van der Waals surface area contributed by atoms with Crippen molar-refractivity contribution in [2.24, 2.45) is 0 Å². The molecule has 1 aromatic carbocycles. The van der Waals surface area contributed by atoms with E-state index in [0.29, 0.717) is 0 Å².